The second-order valence-electron chi connectivity index (χ2n) is 3.98. The summed E-state index contributed by atoms with van der Waals surface area (Å²) >= 11 is 12.0. The van der Waals surface area contributed by atoms with E-state index in [-0.39, 0.29) is 28.0 Å². The summed E-state index contributed by atoms with van der Waals surface area (Å²) in [7, 11) is 0. The number of benzene rings is 1. The second-order valence-corrected chi connectivity index (χ2v) is 4.76. The van der Waals surface area contributed by atoms with Crippen LogP contribution in [-0.2, 0) is 6.54 Å². The van der Waals surface area contributed by atoms with Crippen LogP contribution >= 0.6 is 40.2 Å². The molecule has 0 radical (unpaired) electrons. The maximum Gasteiger partial charge on any atom is 0.252 e. The van der Waals surface area contributed by atoms with Gasteiger partial charge in [0.1, 0.15) is 5.49 Å². The molecule has 3 N–H and O–H groups in total. The number of rotatable bonds is 3. The van der Waals surface area contributed by atoms with Gasteiger partial charge in [-0.25, -0.2) is 0 Å². The van der Waals surface area contributed by atoms with Crippen LogP contribution < -0.4 is 11.2 Å². The molecule has 0 aliphatic carbocycles. The molecule has 0 saturated carbocycles. The predicted molar refractivity (Wildman–Crippen MR) is 84.7 cm³/mol. The monoisotopic (exact) mass is 375 g/mol. The lowest BCUT2D eigenvalue weighted by Crippen LogP contribution is -2.29. The molecule has 0 bridgehead atoms. The first kappa shape index (κ1) is 16.8. The molecule has 0 aliphatic rings. The Morgan fingerprint density at radius 3 is 2.60 bits per heavy atom. The SMILES string of the molecule is Br.N=c1c(C(N)=O)cccn1Cc1cccc(Cl)c1Cl. The van der Waals surface area contributed by atoms with Gasteiger partial charge in [0.2, 0.25) is 0 Å². The van der Waals surface area contributed by atoms with Crippen LogP contribution in [0.25, 0.3) is 0 Å². The molecule has 0 unspecified atom stereocenters. The smallest absolute Gasteiger partial charge is 0.252 e. The van der Waals surface area contributed by atoms with Crippen molar-refractivity contribution in [1.29, 1.82) is 5.41 Å². The highest BCUT2D eigenvalue weighted by Crippen LogP contribution is 2.25. The summed E-state index contributed by atoms with van der Waals surface area (Å²) in [5.41, 5.74) is 6.20. The van der Waals surface area contributed by atoms with Crippen molar-refractivity contribution >= 4 is 46.1 Å². The Kier molecular flexibility index (Phi) is 5.80. The number of nitrogens with one attached hydrogen (secondary N) is 1. The normalized spacial score (nSPS) is 9.90. The average molecular weight is 377 g/mol. The zero-order chi connectivity index (χ0) is 14.0. The fourth-order valence-electron chi connectivity index (χ4n) is 1.74. The van der Waals surface area contributed by atoms with Crippen LogP contribution in [0.15, 0.2) is 36.5 Å². The fourth-order valence-corrected chi connectivity index (χ4v) is 2.12. The van der Waals surface area contributed by atoms with E-state index in [9.17, 15) is 4.79 Å². The van der Waals surface area contributed by atoms with Crippen molar-refractivity contribution in [2.24, 2.45) is 5.73 Å². The summed E-state index contributed by atoms with van der Waals surface area (Å²) in [6.07, 6.45) is 1.69. The van der Waals surface area contributed by atoms with E-state index in [1.165, 1.54) is 6.07 Å². The molecule has 106 valence electrons. The Hall–Kier alpha value is -1.30. The Morgan fingerprint density at radius 1 is 1.25 bits per heavy atom. The quantitative estimate of drug-likeness (QED) is 0.849. The van der Waals surface area contributed by atoms with Gasteiger partial charge in [-0.1, -0.05) is 35.3 Å². The number of carbonyl (C=O) groups excluding carboxylic acids is 1. The lowest BCUT2D eigenvalue weighted by atomic mass is 10.2. The summed E-state index contributed by atoms with van der Waals surface area (Å²) < 4.78 is 1.58. The van der Waals surface area contributed by atoms with Gasteiger partial charge in [0.25, 0.3) is 5.91 Å². The zero-order valence-electron chi connectivity index (χ0n) is 10.3. The lowest BCUT2D eigenvalue weighted by molar-refractivity contribution is 0.0998. The number of aromatic nitrogens is 1. The topological polar surface area (TPSA) is 71.9 Å². The second kappa shape index (κ2) is 6.92. The molecular formula is C13H12BrCl2N3O. The summed E-state index contributed by atoms with van der Waals surface area (Å²) in [6, 6.07) is 8.47. The van der Waals surface area contributed by atoms with Gasteiger partial charge in [-0.05, 0) is 23.8 Å². The molecule has 7 heteroatoms. The van der Waals surface area contributed by atoms with Crippen LogP contribution in [0.1, 0.15) is 15.9 Å². The Morgan fingerprint density at radius 2 is 1.95 bits per heavy atom. The van der Waals surface area contributed by atoms with Crippen LogP contribution in [0.2, 0.25) is 10.0 Å². The standard InChI is InChI=1S/C13H11Cl2N3O.BrH/c14-10-5-1-3-8(11(10)15)7-18-6-2-4-9(12(18)16)13(17)19;/h1-6,16H,7H2,(H2,17,19);1H. The van der Waals surface area contributed by atoms with Gasteiger partial charge >= 0.3 is 0 Å². The molecule has 0 spiro atoms. The summed E-state index contributed by atoms with van der Waals surface area (Å²) in [6.45, 7) is 0.347. The Labute approximate surface area is 136 Å². The first-order valence-corrected chi connectivity index (χ1v) is 6.23. The van der Waals surface area contributed by atoms with Gasteiger partial charge in [-0.2, -0.15) is 0 Å². The lowest BCUT2D eigenvalue weighted by Gasteiger charge is -2.10. The number of primary amides is 1. The highest BCUT2D eigenvalue weighted by molar-refractivity contribution is 8.93. The van der Waals surface area contributed by atoms with Gasteiger partial charge in [0.05, 0.1) is 22.2 Å². The van der Waals surface area contributed by atoms with Crippen molar-refractivity contribution in [2.45, 2.75) is 6.54 Å². The number of hydrogen-bond acceptors (Lipinski definition) is 2. The van der Waals surface area contributed by atoms with Crippen molar-refractivity contribution in [3.8, 4) is 0 Å². The molecule has 0 saturated heterocycles. The first-order chi connectivity index (χ1) is 9.00. The zero-order valence-corrected chi connectivity index (χ0v) is 13.5. The van der Waals surface area contributed by atoms with Crippen LogP contribution in [0.5, 0.6) is 0 Å². The van der Waals surface area contributed by atoms with Gasteiger partial charge in [0, 0.05) is 6.20 Å². The molecule has 20 heavy (non-hydrogen) atoms. The van der Waals surface area contributed by atoms with Crippen molar-refractivity contribution in [1.82, 2.24) is 4.57 Å². The third-order valence-corrected chi connectivity index (χ3v) is 3.57. The highest BCUT2D eigenvalue weighted by atomic mass is 79.9. The van der Waals surface area contributed by atoms with E-state index in [0.29, 0.717) is 16.6 Å². The summed E-state index contributed by atoms with van der Waals surface area (Å²) in [5, 5.41) is 8.84. The number of amides is 1. The minimum Gasteiger partial charge on any atom is -0.365 e. The van der Waals surface area contributed by atoms with Crippen LogP contribution in [0, 0.1) is 5.41 Å². The van der Waals surface area contributed by atoms with Crippen molar-refractivity contribution in [3.05, 3.63) is 63.2 Å². The molecule has 1 aromatic carbocycles. The van der Waals surface area contributed by atoms with Crippen LogP contribution in [-0.4, -0.2) is 10.5 Å². The van der Waals surface area contributed by atoms with E-state index in [2.05, 4.69) is 0 Å². The number of pyridine rings is 1. The molecule has 2 aromatic rings. The van der Waals surface area contributed by atoms with Gasteiger partial charge < -0.3 is 10.3 Å². The van der Waals surface area contributed by atoms with E-state index in [1.54, 1.807) is 29.0 Å². The van der Waals surface area contributed by atoms with E-state index in [1.807, 2.05) is 6.07 Å². The number of nitrogens with zero attached hydrogens (tertiary/aromatic N) is 1. The molecule has 1 amide bonds. The molecule has 4 nitrogen and oxygen atoms in total. The molecule has 0 aliphatic heterocycles. The largest absolute Gasteiger partial charge is 0.365 e. The third-order valence-electron chi connectivity index (χ3n) is 2.71. The van der Waals surface area contributed by atoms with Crippen LogP contribution in [0.3, 0.4) is 0 Å². The molecule has 1 aromatic heterocycles. The van der Waals surface area contributed by atoms with Crippen molar-refractivity contribution < 1.29 is 4.79 Å². The highest BCUT2D eigenvalue weighted by Gasteiger charge is 2.08. The number of nitrogens with two attached hydrogens (primary N) is 1. The average Bonchev–Trinajstić information content (AvgIpc) is 2.37. The molecule has 1 heterocycles. The van der Waals surface area contributed by atoms with Crippen molar-refractivity contribution in [2.75, 3.05) is 0 Å². The third kappa shape index (κ3) is 3.42. The first-order valence-electron chi connectivity index (χ1n) is 5.47. The Balaban J connectivity index is 0.00000200. The number of carbonyl (C=O) groups is 1. The minimum atomic E-state index is -0.628. The summed E-state index contributed by atoms with van der Waals surface area (Å²) in [4.78, 5) is 11.2. The molecule has 0 atom stereocenters. The number of halogens is 3. The minimum absolute atomic E-state index is 0. The van der Waals surface area contributed by atoms with Crippen molar-refractivity contribution in [3.63, 3.8) is 0 Å². The van der Waals surface area contributed by atoms with E-state index in [0.717, 1.165) is 5.56 Å². The van der Waals surface area contributed by atoms with E-state index < -0.39 is 5.91 Å². The van der Waals surface area contributed by atoms with Gasteiger partial charge in [0.15, 0.2) is 0 Å². The predicted octanol–water partition coefficient (Wildman–Crippen LogP) is 3.00. The summed E-state index contributed by atoms with van der Waals surface area (Å²) in [5.74, 6) is -0.628. The maximum atomic E-state index is 11.2. The van der Waals surface area contributed by atoms with Gasteiger partial charge in [-0.15, -0.1) is 17.0 Å². The number of hydrogen-bond donors (Lipinski definition) is 2. The van der Waals surface area contributed by atoms with Gasteiger partial charge in [-0.3, -0.25) is 10.2 Å². The molecule has 0 fully saturated rings. The fraction of sp³-hybridized carbons (Fsp3) is 0.0769. The Bertz CT molecular complexity index is 700. The molecular weight excluding hydrogens is 365 g/mol. The van der Waals surface area contributed by atoms with Crippen LogP contribution in [0.4, 0.5) is 0 Å². The van der Waals surface area contributed by atoms with E-state index in [4.69, 9.17) is 34.3 Å². The maximum absolute atomic E-state index is 11.2. The van der Waals surface area contributed by atoms with E-state index >= 15 is 0 Å². The molecule has 2 rings (SSSR count).